The zero-order valence-corrected chi connectivity index (χ0v) is 19.1. The van der Waals surface area contributed by atoms with Gasteiger partial charge in [0.05, 0.1) is 46.9 Å². The first-order valence-corrected chi connectivity index (χ1v) is 10.8. The number of carboxylic acid groups (broad SMARTS) is 1. The fraction of sp³-hybridized carbons (Fsp3) is 0.476. The van der Waals surface area contributed by atoms with Crippen LogP contribution in [0.25, 0.3) is 0 Å². The van der Waals surface area contributed by atoms with Gasteiger partial charge in [0.25, 0.3) is 0 Å². The molecule has 0 aliphatic carbocycles. The number of aromatic nitrogens is 3. The van der Waals surface area contributed by atoms with E-state index in [1.165, 1.54) is 20.4 Å². The minimum absolute atomic E-state index is 0.0638. The Kier molecular flexibility index (Phi) is 7.54. The van der Waals surface area contributed by atoms with E-state index >= 15 is 0 Å². The Labute approximate surface area is 196 Å². The summed E-state index contributed by atoms with van der Waals surface area (Å²) in [6.45, 7) is 5.05. The first-order chi connectivity index (χ1) is 16.6. The number of hydrazone groups is 1. The maximum absolute atomic E-state index is 11.9. The molecule has 2 fully saturated rings. The largest absolute Gasteiger partial charge is 0.493 e. The molecule has 0 radical (unpaired) electrons. The Balaban J connectivity index is 1.61. The molecule has 2 saturated heterocycles. The Bertz CT molecular complexity index is 1000. The monoisotopic (exact) mass is 473 g/mol. The SMILES string of the molecule is COc1ccc(/C=N\Nc2nc(N3CCOCC3)nc(N3CCOCC3)n2)c(C(=O)O)c1OC. The van der Waals surface area contributed by atoms with Crippen LogP contribution in [0.5, 0.6) is 11.5 Å². The lowest BCUT2D eigenvalue weighted by atomic mass is 10.1. The van der Waals surface area contributed by atoms with Crippen LogP contribution in [0.4, 0.5) is 17.8 Å². The molecule has 2 aromatic rings. The zero-order valence-electron chi connectivity index (χ0n) is 19.1. The normalized spacial score (nSPS) is 16.5. The summed E-state index contributed by atoms with van der Waals surface area (Å²) < 4.78 is 21.3. The van der Waals surface area contributed by atoms with Gasteiger partial charge in [-0.1, -0.05) is 0 Å². The number of carboxylic acids is 1. The van der Waals surface area contributed by atoms with Crippen LogP contribution in [0.2, 0.25) is 0 Å². The lowest BCUT2D eigenvalue weighted by Crippen LogP contribution is -2.40. The van der Waals surface area contributed by atoms with Crippen LogP contribution in [0.1, 0.15) is 15.9 Å². The molecule has 0 unspecified atom stereocenters. The second-order valence-corrected chi connectivity index (χ2v) is 7.40. The summed E-state index contributed by atoms with van der Waals surface area (Å²) in [4.78, 5) is 29.6. The molecule has 1 aromatic heterocycles. The third kappa shape index (κ3) is 5.26. The summed E-state index contributed by atoms with van der Waals surface area (Å²) >= 11 is 0. The highest BCUT2D eigenvalue weighted by Crippen LogP contribution is 2.33. The molecule has 4 rings (SSSR count). The highest BCUT2D eigenvalue weighted by Gasteiger charge is 2.22. The molecule has 2 aliphatic heterocycles. The van der Waals surface area contributed by atoms with Gasteiger partial charge in [0.15, 0.2) is 11.5 Å². The van der Waals surface area contributed by atoms with Crippen molar-refractivity contribution in [2.45, 2.75) is 0 Å². The molecule has 1 aromatic carbocycles. The summed E-state index contributed by atoms with van der Waals surface area (Å²) in [7, 11) is 2.83. The van der Waals surface area contributed by atoms with E-state index in [2.05, 4.69) is 25.5 Å². The Morgan fingerprint density at radius 1 is 1.00 bits per heavy atom. The second-order valence-electron chi connectivity index (χ2n) is 7.40. The van der Waals surface area contributed by atoms with Gasteiger partial charge in [0.1, 0.15) is 5.56 Å². The Hall–Kier alpha value is -3.71. The summed E-state index contributed by atoms with van der Waals surface area (Å²) in [6.07, 6.45) is 1.37. The molecular formula is C21H27N7O6. The molecule has 3 heterocycles. The van der Waals surface area contributed by atoms with Crippen molar-refractivity contribution in [1.82, 2.24) is 15.0 Å². The van der Waals surface area contributed by atoms with Gasteiger partial charge in [-0.2, -0.15) is 20.1 Å². The van der Waals surface area contributed by atoms with E-state index in [9.17, 15) is 9.90 Å². The molecule has 2 N–H and O–H groups in total. The molecule has 0 amide bonds. The molecule has 13 nitrogen and oxygen atoms in total. The third-order valence-corrected chi connectivity index (χ3v) is 5.36. The van der Waals surface area contributed by atoms with Crippen molar-refractivity contribution in [3.63, 3.8) is 0 Å². The fourth-order valence-electron chi connectivity index (χ4n) is 3.64. The van der Waals surface area contributed by atoms with Gasteiger partial charge < -0.3 is 33.9 Å². The van der Waals surface area contributed by atoms with Gasteiger partial charge in [0, 0.05) is 31.7 Å². The number of aromatic carboxylic acids is 1. The average Bonchev–Trinajstić information content (AvgIpc) is 2.89. The average molecular weight is 473 g/mol. The molecule has 182 valence electrons. The number of methoxy groups -OCH3 is 2. The molecular weight excluding hydrogens is 446 g/mol. The quantitative estimate of drug-likeness (QED) is 0.411. The number of anilines is 3. The van der Waals surface area contributed by atoms with E-state index in [-0.39, 0.29) is 17.3 Å². The second kappa shape index (κ2) is 10.9. The summed E-state index contributed by atoms with van der Waals surface area (Å²) in [5.74, 6) is 0.550. The summed E-state index contributed by atoms with van der Waals surface area (Å²) in [5.41, 5.74) is 3.07. The van der Waals surface area contributed by atoms with Gasteiger partial charge in [-0.25, -0.2) is 10.2 Å². The van der Waals surface area contributed by atoms with Gasteiger partial charge >= 0.3 is 5.97 Å². The topological polar surface area (TPSA) is 144 Å². The zero-order chi connectivity index (χ0) is 23.9. The standard InChI is InChI=1S/C21H27N7O6/c1-31-15-4-3-14(16(18(29)30)17(15)32-2)13-22-26-19-23-20(27-5-9-33-10-6-27)25-21(24-19)28-7-11-34-12-8-28/h3-4,13H,5-12H2,1-2H3,(H,29,30)(H,23,24,25,26)/b22-13-. The van der Waals surface area contributed by atoms with Gasteiger partial charge in [-0.15, -0.1) is 0 Å². The number of nitrogens with zero attached hydrogens (tertiary/aromatic N) is 6. The predicted molar refractivity (Wildman–Crippen MR) is 124 cm³/mol. The number of ether oxygens (including phenoxy) is 4. The van der Waals surface area contributed by atoms with Crippen LogP contribution in [-0.4, -0.2) is 99.1 Å². The number of benzene rings is 1. The Morgan fingerprint density at radius 3 is 2.09 bits per heavy atom. The maximum atomic E-state index is 11.9. The van der Waals surface area contributed by atoms with Crippen molar-refractivity contribution >= 4 is 30.0 Å². The van der Waals surface area contributed by atoms with Crippen molar-refractivity contribution in [3.8, 4) is 11.5 Å². The van der Waals surface area contributed by atoms with E-state index in [4.69, 9.17) is 18.9 Å². The van der Waals surface area contributed by atoms with Crippen molar-refractivity contribution in [3.05, 3.63) is 23.3 Å². The summed E-state index contributed by atoms with van der Waals surface area (Å²) in [6, 6.07) is 3.20. The smallest absolute Gasteiger partial charge is 0.340 e. The highest BCUT2D eigenvalue weighted by molar-refractivity contribution is 6.01. The van der Waals surface area contributed by atoms with E-state index in [0.29, 0.717) is 75.8 Å². The molecule has 0 saturated carbocycles. The van der Waals surface area contributed by atoms with Crippen LogP contribution in [0, 0.1) is 0 Å². The van der Waals surface area contributed by atoms with Gasteiger partial charge in [-0.3, -0.25) is 0 Å². The molecule has 0 bridgehead atoms. The number of carbonyl (C=O) groups is 1. The maximum Gasteiger partial charge on any atom is 0.340 e. The number of hydrogen-bond donors (Lipinski definition) is 2. The van der Waals surface area contributed by atoms with Crippen molar-refractivity contribution < 1.29 is 28.8 Å². The minimum atomic E-state index is -1.17. The Morgan fingerprint density at radius 2 is 1.59 bits per heavy atom. The van der Waals surface area contributed by atoms with Crippen molar-refractivity contribution in [1.29, 1.82) is 0 Å². The molecule has 0 spiro atoms. The number of hydrogen-bond acceptors (Lipinski definition) is 12. The fourth-order valence-corrected chi connectivity index (χ4v) is 3.64. The molecule has 13 heteroatoms. The van der Waals surface area contributed by atoms with Crippen LogP contribution in [-0.2, 0) is 9.47 Å². The number of rotatable bonds is 8. The van der Waals surface area contributed by atoms with Crippen molar-refractivity contribution in [2.24, 2.45) is 5.10 Å². The number of nitrogens with one attached hydrogen (secondary N) is 1. The van der Waals surface area contributed by atoms with E-state index < -0.39 is 5.97 Å². The van der Waals surface area contributed by atoms with E-state index in [0.717, 1.165) is 0 Å². The van der Waals surface area contributed by atoms with Crippen LogP contribution in [0.3, 0.4) is 0 Å². The molecule has 2 aliphatic rings. The third-order valence-electron chi connectivity index (χ3n) is 5.36. The van der Waals surface area contributed by atoms with Crippen LogP contribution < -0.4 is 24.7 Å². The van der Waals surface area contributed by atoms with E-state index in [1.807, 2.05) is 9.80 Å². The van der Waals surface area contributed by atoms with Crippen molar-refractivity contribution in [2.75, 3.05) is 82.1 Å². The molecule has 0 atom stereocenters. The minimum Gasteiger partial charge on any atom is -0.493 e. The lowest BCUT2D eigenvalue weighted by molar-refractivity contribution is 0.0692. The van der Waals surface area contributed by atoms with E-state index in [1.54, 1.807) is 12.1 Å². The van der Waals surface area contributed by atoms with Crippen LogP contribution >= 0.6 is 0 Å². The molecule has 34 heavy (non-hydrogen) atoms. The van der Waals surface area contributed by atoms with Gasteiger partial charge in [0.2, 0.25) is 17.8 Å². The first kappa shape index (κ1) is 23.4. The summed E-state index contributed by atoms with van der Waals surface area (Å²) in [5, 5.41) is 13.9. The number of morpholine rings is 2. The van der Waals surface area contributed by atoms with Crippen LogP contribution in [0.15, 0.2) is 17.2 Å². The highest BCUT2D eigenvalue weighted by atomic mass is 16.5. The van der Waals surface area contributed by atoms with Gasteiger partial charge in [-0.05, 0) is 12.1 Å². The predicted octanol–water partition coefficient (Wildman–Crippen LogP) is 0.706. The first-order valence-electron chi connectivity index (χ1n) is 10.8. The lowest BCUT2D eigenvalue weighted by Gasteiger charge is -2.30.